The molecule has 0 aliphatic carbocycles. The monoisotopic (exact) mass is 542 g/mol. The maximum Gasteiger partial charge on any atom is 0.262 e. The number of hydrogen-bond acceptors (Lipinski definition) is 8. The van der Waals surface area contributed by atoms with Crippen LogP contribution in [0.4, 0.5) is 4.39 Å². The van der Waals surface area contributed by atoms with Gasteiger partial charge in [-0.2, -0.15) is 5.10 Å². The van der Waals surface area contributed by atoms with Gasteiger partial charge in [-0.05, 0) is 24.3 Å². The highest BCUT2D eigenvalue weighted by Crippen LogP contribution is 2.39. The molecule has 0 N–H and O–H groups in total. The van der Waals surface area contributed by atoms with Gasteiger partial charge in [-0.15, -0.1) is 0 Å². The van der Waals surface area contributed by atoms with E-state index in [1.54, 1.807) is 50.6 Å². The fourth-order valence-electron chi connectivity index (χ4n) is 4.77. The number of carbonyl (C=O) groups excluding carboxylic acids is 2. The van der Waals surface area contributed by atoms with Gasteiger partial charge in [0.1, 0.15) is 30.5 Å². The fraction of sp³-hybridized carbons (Fsp3) is 0.464. The molecule has 2 aromatic rings. The highest BCUT2D eigenvalue weighted by molar-refractivity contribution is 6.03. The molecule has 4 rings (SSSR count). The lowest BCUT2D eigenvalue weighted by molar-refractivity contribution is -0.143. The average molecular weight is 543 g/mol. The third kappa shape index (κ3) is 6.92. The number of methoxy groups -OCH3 is 3. The lowest BCUT2D eigenvalue weighted by Gasteiger charge is -2.31. The van der Waals surface area contributed by atoms with Crippen LogP contribution in [0.2, 0.25) is 0 Å². The maximum atomic E-state index is 14.7. The smallest absolute Gasteiger partial charge is 0.262 e. The minimum Gasteiger partial charge on any atom is -0.497 e. The van der Waals surface area contributed by atoms with Crippen LogP contribution in [0.1, 0.15) is 23.6 Å². The van der Waals surface area contributed by atoms with Gasteiger partial charge in [0.15, 0.2) is 0 Å². The summed E-state index contributed by atoms with van der Waals surface area (Å²) in [5.41, 5.74) is 1.42. The highest BCUT2D eigenvalue weighted by Gasteiger charge is 2.37. The number of hydrazone groups is 1. The summed E-state index contributed by atoms with van der Waals surface area (Å²) in [5, 5.41) is 5.92. The molecule has 2 amide bonds. The van der Waals surface area contributed by atoms with E-state index < -0.39 is 17.8 Å². The van der Waals surface area contributed by atoms with Crippen molar-refractivity contribution in [1.82, 2.24) is 14.8 Å². The molecule has 0 saturated carbocycles. The number of halogens is 1. The van der Waals surface area contributed by atoms with Crippen LogP contribution in [0.3, 0.4) is 0 Å². The Kier molecular flexibility index (Phi) is 9.85. The normalized spacial score (nSPS) is 17.6. The van der Waals surface area contributed by atoms with Crippen molar-refractivity contribution < 1.29 is 32.9 Å². The van der Waals surface area contributed by atoms with Crippen molar-refractivity contribution in [3.8, 4) is 11.5 Å². The summed E-state index contributed by atoms with van der Waals surface area (Å²) in [6.07, 6.45) is 0.260. The van der Waals surface area contributed by atoms with Crippen LogP contribution >= 0.6 is 0 Å². The van der Waals surface area contributed by atoms with E-state index in [4.69, 9.17) is 18.9 Å². The Balaban J connectivity index is 1.63. The molecule has 0 spiro atoms. The Morgan fingerprint density at radius 2 is 1.87 bits per heavy atom. The van der Waals surface area contributed by atoms with E-state index in [1.165, 1.54) is 23.1 Å². The number of amides is 2. The van der Waals surface area contributed by atoms with E-state index in [1.807, 2.05) is 0 Å². The first-order chi connectivity index (χ1) is 18.9. The molecule has 1 atom stereocenters. The summed E-state index contributed by atoms with van der Waals surface area (Å²) in [5.74, 6) is 0.00208. The molecule has 10 nitrogen and oxygen atoms in total. The van der Waals surface area contributed by atoms with Gasteiger partial charge in [-0.25, -0.2) is 9.40 Å². The second-order valence-corrected chi connectivity index (χ2v) is 9.29. The molecule has 2 aliphatic rings. The quantitative estimate of drug-likeness (QED) is 0.430. The van der Waals surface area contributed by atoms with Crippen molar-refractivity contribution in [3.63, 3.8) is 0 Å². The van der Waals surface area contributed by atoms with E-state index >= 15 is 0 Å². The summed E-state index contributed by atoms with van der Waals surface area (Å²) < 4.78 is 36.2. The zero-order valence-electron chi connectivity index (χ0n) is 22.6. The third-order valence-electron chi connectivity index (χ3n) is 6.88. The predicted octanol–water partition coefficient (Wildman–Crippen LogP) is 2.33. The fourth-order valence-corrected chi connectivity index (χ4v) is 4.77. The summed E-state index contributed by atoms with van der Waals surface area (Å²) in [6.45, 7) is 3.39. The van der Waals surface area contributed by atoms with E-state index in [0.29, 0.717) is 54.6 Å². The first kappa shape index (κ1) is 28.5. The molecule has 2 heterocycles. The average Bonchev–Trinajstić information content (AvgIpc) is 3.41. The van der Waals surface area contributed by atoms with Gasteiger partial charge in [0.2, 0.25) is 5.91 Å². The van der Waals surface area contributed by atoms with Crippen LogP contribution in [0.15, 0.2) is 47.6 Å². The lowest BCUT2D eigenvalue weighted by Crippen LogP contribution is -2.47. The Hall–Kier alpha value is -3.54. The Labute approximate surface area is 227 Å². The topological polar surface area (TPSA) is 93.1 Å². The molecule has 39 heavy (non-hydrogen) atoms. The zero-order valence-corrected chi connectivity index (χ0v) is 22.6. The number of morpholine rings is 1. The Bertz CT molecular complexity index is 1190. The summed E-state index contributed by atoms with van der Waals surface area (Å²) in [4.78, 5) is 30.4. The van der Waals surface area contributed by atoms with E-state index in [2.05, 4.69) is 10.0 Å². The van der Waals surface area contributed by atoms with Crippen LogP contribution in [-0.4, -0.2) is 106 Å². The minimum atomic E-state index is -0.587. The van der Waals surface area contributed by atoms with Gasteiger partial charge in [0.25, 0.3) is 5.91 Å². The zero-order chi connectivity index (χ0) is 27.8. The van der Waals surface area contributed by atoms with Gasteiger partial charge in [0.05, 0.1) is 39.2 Å². The van der Waals surface area contributed by atoms with Gasteiger partial charge in [-0.1, -0.05) is 18.2 Å². The van der Waals surface area contributed by atoms with Crippen LogP contribution in [0.25, 0.3) is 0 Å². The number of rotatable bonds is 11. The van der Waals surface area contributed by atoms with Gasteiger partial charge >= 0.3 is 0 Å². The number of nitrogens with zero attached hydrogens (tertiary/aromatic N) is 4. The molecule has 210 valence electrons. The SMILES string of the molecule is COCC(=O)N(CCN1CCOCC1)CC(=O)N1N=C(c2ccccc2F)CC1c1cc(OC)ccc1OC. The Morgan fingerprint density at radius 1 is 1.10 bits per heavy atom. The lowest BCUT2D eigenvalue weighted by atomic mass is 9.97. The molecular weight excluding hydrogens is 507 g/mol. The van der Waals surface area contributed by atoms with Crippen molar-refractivity contribution in [2.24, 2.45) is 5.10 Å². The first-order valence-corrected chi connectivity index (χ1v) is 12.9. The van der Waals surface area contributed by atoms with Gasteiger partial charge in [-0.3, -0.25) is 14.5 Å². The number of carbonyl (C=O) groups is 2. The highest BCUT2D eigenvalue weighted by atomic mass is 19.1. The van der Waals surface area contributed by atoms with E-state index in [-0.39, 0.29) is 25.5 Å². The number of hydrogen-bond donors (Lipinski definition) is 0. The molecule has 0 radical (unpaired) electrons. The van der Waals surface area contributed by atoms with Crippen molar-refractivity contribution in [2.45, 2.75) is 12.5 Å². The summed E-state index contributed by atoms with van der Waals surface area (Å²) in [7, 11) is 4.54. The predicted molar refractivity (Wildman–Crippen MR) is 142 cm³/mol. The minimum absolute atomic E-state index is 0.146. The second kappa shape index (κ2) is 13.5. The molecule has 0 bridgehead atoms. The molecular formula is C28H35FN4O6. The van der Waals surface area contributed by atoms with E-state index in [9.17, 15) is 14.0 Å². The molecule has 2 aromatic carbocycles. The first-order valence-electron chi connectivity index (χ1n) is 12.9. The standard InChI is InChI=1S/C28H35FN4O6/c1-36-19-28(35)32(11-10-31-12-14-39-15-13-31)18-27(34)33-25(22-16-20(37-2)8-9-26(22)38-3)17-24(30-33)21-6-4-5-7-23(21)29/h4-9,16,25H,10-15,17-19H2,1-3H3. The molecule has 0 aromatic heterocycles. The maximum absolute atomic E-state index is 14.7. The number of benzene rings is 2. The van der Waals surface area contributed by atoms with Crippen molar-refractivity contribution in [1.29, 1.82) is 0 Å². The third-order valence-corrected chi connectivity index (χ3v) is 6.88. The van der Waals surface area contributed by atoms with Crippen LogP contribution < -0.4 is 9.47 Å². The van der Waals surface area contributed by atoms with Crippen LogP contribution in [0.5, 0.6) is 11.5 Å². The van der Waals surface area contributed by atoms with Crippen LogP contribution in [0, 0.1) is 5.82 Å². The van der Waals surface area contributed by atoms with Gasteiger partial charge in [0, 0.05) is 50.8 Å². The van der Waals surface area contributed by atoms with Crippen LogP contribution in [-0.2, 0) is 19.1 Å². The van der Waals surface area contributed by atoms with E-state index in [0.717, 1.165) is 13.1 Å². The molecule has 1 saturated heterocycles. The van der Waals surface area contributed by atoms with Gasteiger partial charge < -0.3 is 23.8 Å². The molecule has 1 unspecified atom stereocenters. The summed E-state index contributed by atoms with van der Waals surface area (Å²) in [6, 6.07) is 11.1. The van der Waals surface area contributed by atoms with Crippen molar-refractivity contribution in [3.05, 3.63) is 59.4 Å². The Morgan fingerprint density at radius 3 is 2.56 bits per heavy atom. The second-order valence-electron chi connectivity index (χ2n) is 9.29. The molecule has 11 heteroatoms. The van der Waals surface area contributed by atoms with Crippen molar-refractivity contribution >= 4 is 17.5 Å². The summed E-state index contributed by atoms with van der Waals surface area (Å²) >= 11 is 0. The molecule has 2 aliphatic heterocycles. The van der Waals surface area contributed by atoms with Crippen molar-refractivity contribution in [2.75, 3.05) is 73.9 Å². The largest absolute Gasteiger partial charge is 0.497 e. The molecule has 1 fully saturated rings. The number of ether oxygens (including phenoxy) is 4.